The molecule has 0 spiro atoms. The monoisotopic (exact) mass is 1840 g/mol. The number of carbonyl (C=O) groups is 18. The topological polar surface area (TPSA) is 735 Å². The zero-order valence-corrected chi connectivity index (χ0v) is 74.9. The number of halogens is 1. The SMILES string of the molecule is CC[C@H](C)[C@H](NC(=O)[C@H](CCCNC(=N)N)NC(=O)[C@]1(C)CCC/C=C\CCC[C@](C)(NC(=O)[C@@H](NC(=O)[C@@H](CNC(=O)c2cc(S(=O)(=O)F)ccc2OC)NC(C)=O)[C@@H](C)CC)C(=O)N[C@H](CCC(=O)O)C(=O)N[C@@H](CCC(N)=O)C(=O)N[C@@H](CC(C)C)C(=O)N1)C(=O)NCC(=O)N[C@@H](CC(=O)O)C(=O)N[C@@H](CCCNC(=N)N)C(=O)N[C@@H](Cc1ccccc1)C(N)=O. The minimum Gasteiger partial charge on any atom is -0.496 e. The highest BCUT2D eigenvalue weighted by Gasteiger charge is 2.44. The second-order valence-electron chi connectivity index (χ2n) is 32.3. The lowest BCUT2D eigenvalue weighted by molar-refractivity contribution is -0.141. The molecule has 1 aliphatic rings. The molecule has 28 N–H and O–H groups in total. The Hall–Kier alpha value is -13.1. The summed E-state index contributed by atoms with van der Waals surface area (Å²) in [5, 5.41) is 75.4. The van der Waals surface area contributed by atoms with E-state index in [4.69, 9.17) is 38.5 Å². The molecule has 2 aromatic carbocycles. The number of hydrogen-bond acceptors (Lipinski definition) is 23. The van der Waals surface area contributed by atoms with Crippen LogP contribution in [0.15, 0.2) is 65.6 Å². The van der Waals surface area contributed by atoms with Crippen LogP contribution in [0, 0.1) is 28.6 Å². The number of carboxylic acid groups (broad SMARTS) is 2. The van der Waals surface area contributed by atoms with E-state index in [1.807, 2.05) is 0 Å². The number of carboxylic acids is 2. The van der Waals surface area contributed by atoms with E-state index in [0.29, 0.717) is 11.6 Å². The largest absolute Gasteiger partial charge is 0.496 e. The van der Waals surface area contributed by atoms with Gasteiger partial charge in [0, 0.05) is 45.8 Å². The summed E-state index contributed by atoms with van der Waals surface area (Å²) in [6.07, 6.45) is -0.677. The number of nitrogens with one attached hydrogen (secondary N) is 18. The van der Waals surface area contributed by atoms with Crippen molar-refractivity contribution in [1.82, 2.24) is 85.1 Å². The van der Waals surface area contributed by atoms with E-state index in [2.05, 4.69) is 85.1 Å². The minimum atomic E-state index is -5.33. The number of guanidine groups is 2. The number of hydrogen-bond donors (Lipinski definition) is 24. The summed E-state index contributed by atoms with van der Waals surface area (Å²) in [6.45, 7) is 11.7. The third-order valence-corrected chi connectivity index (χ3v) is 21.9. The second-order valence-corrected chi connectivity index (χ2v) is 33.6. The van der Waals surface area contributed by atoms with E-state index < -0.39 is 273 Å². The summed E-state index contributed by atoms with van der Waals surface area (Å²) in [4.78, 5) is 250. The number of rotatable bonds is 47. The lowest BCUT2D eigenvalue weighted by atomic mass is 9.90. The first-order valence-electron chi connectivity index (χ1n) is 42.2. The molecule has 0 radical (unpaired) electrons. The predicted molar refractivity (Wildman–Crippen MR) is 465 cm³/mol. The first-order chi connectivity index (χ1) is 60.5. The minimum absolute atomic E-state index is 0.00331. The molecule has 0 unspecified atom stereocenters. The fraction of sp³-hybridized carbons (Fsp3) is 0.585. The first kappa shape index (κ1) is 110. The van der Waals surface area contributed by atoms with Crippen LogP contribution in [-0.2, 0) is 98.2 Å². The van der Waals surface area contributed by atoms with Crippen LogP contribution in [0.5, 0.6) is 5.75 Å². The van der Waals surface area contributed by atoms with Gasteiger partial charge in [0.2, 0.25) is 88.6 Å². The van der Waals surface area contributed by atoms with Crippen LogP contribution in [0.3, 0.4) is 0 Å². The molecule has 1 aliphatic heterocycles. The Morgan fingerprint density at radius 2 is 1.12 bits per heavy atom. The van der Waals surface area contributed by atoms with Gasteiger partial charge < -0.3 is 123 Å². The van der Waals surface area contributed by atoms with Crippen LogP contribution >= 0.6 is 0 Å². The van der Waals surface area contributed by atoms with Crippen LogP contribution in [-0.4, -0.2) is 242 Å². The number of ether oxygens (including phenoxy) is 1. The molecule has 3 rings (SSSR count). The first-order valence-corrected chi connectivity index (χ1v) is 43.6. The molecule has 1 heterocycles. The van der Waals surface area contributed by atoms with Crippen molar-refractivity contribution in [2.75, 3.05) is 33.3 Å². The predicted octanol–water partition coefficient (Wildman–Crippen LogP) is -3.27. The molecule has 0 aliphatic carbocycles. The van der Waals surface area contributed by atoms with Crippen molar-refractivity contribution in [1.29, 1.82) is 10.8 Å². The van der Waals surface area contributed by atoms with Crippen LogP contribution in [0.25, 0.3) is 0 Å². The lowest BCUT2D eigenvalue weighted by Crippen LogP contribution is -2.65. The quantitative estimate of drug-likeness (QED) is 0.0102. The van der Waals surface area contributed by atoms with Gasteiger partial charge in [-0.2, -0.15) is 8.42 Å². The van der Waals surface area contributed by atoms with Crippen molar-refractivity contribution in [3.05, 3.63) is 71.8 Å². The standard InChI is InChI=1S/C82H127FN22O23S/c1-11-45(5)64(75(122)93-43-61(108)95-57(41-63(111)112)72(119)96-51(26-22-36-90-79(86)87)68(115)98-55(66(85)113)39-48-24-18-17-19-25-48)102-71(118)52(27-23-37-91-80(88)89)100-77(124)81(8)34-20-15-13-14-16-21-35-82(9,78(125)101-54(30-33-62(109)110)70(117)97-53(29-32-60(84)107)69(116)99-56(38-44(3)4)74(121)104-81)105-76(123)65(46(6)12-2)103-73(120)58(94-47(7)106)42-92-67(114)50-40-49(129(83,126)127)28-31-59(50)128-10/h13-14,17-19,24-25,28,31,40,44-46,51-58,64-65H,11-12,15-16,20-23,26-27,29-30,32-39,41-43H2,1-10H3,(H2,84,107)(H2,85,113)(H,92,114)(H,93,122)(H,94,106)(H,95,108)(H,96,119)(H,97,117)(H,98,115)(H,99,116)(H,100,124)(H,101,125)(H,102,118)(H,103,120)(H,104,121)(H,105,123)(H,109,110)(H,111,112)(H4,86,87,90)(H4,88,89,91)/b14-13-/t45-,46-,51-,52-,53-,54+,55-,56-,57-,58+,64-,65-,81-,82-/m0/s1. The average molecular weight is 1840 g/mol. The van der Waals surface area contributed by atoms with Crippen molar-refractivity contribution in [2.45, 2.75) is 261 Å². The van der Waals surface area contributed by atoms with Gasteiger partial charge in [-0.3, -0.25) is 97.1 Å². The summed E-state index contributed by atoms with van der Waals surface area (Å²) >= 11 is 0. The van der Waals surface area contributed by atoms with Gasteiger partial charge in [-0.15, -0.1) is 3.89 Å². The molecule has 0 fully saturated rings. The Morgan fingerprint density at radius 3 is 1.64 bits per heavy atom. The number of aliphatic carboxylic acids is 2. The molecule has 14 atom stereocenters. The molecule has 0 aromatic heterocycles. The summed E-state index contributed by atoms with van der Waals surface area (Å²) in [7, 11) is -4.20. The zero-order valence-electron chi connectivity index (χ0n) is 74.1. The molecule has 45 nitrogen and oxygen atoms in total. The smallest absolute Gasteiger partial charge is 0.332 e. The Kier molecular flexibility index (Phi) is 46.2. The molecule has 0 saturated heterocycles. The van der Waals surface area contributed by atoms with Crippen molar-refractivity contribution in [3.63, 3.8) is 0 Å². The number of allylic oxidation sites excluding steroid dienone is 2. The van der Waals surface area contributed by atoms with Crippen molar-refractivity contribution in [2.24, 2.45) is 40.7 Å². The van der Waals surface area contributed by atoms with Crippen molar-refractivity contribution in [3.8, 4) is 5.75 Å². The second kappa shape index (κ2) is 54.1. The summed E-state index contributed by atoms with van der Waals surface area (Å²) in [5.41, 5.74) is 18.2. The van der Waals surface area contributed by atoms with Crippen molar-refractivity contribution >= 4 is 129 Å². The number of benzene rings is 2. The highest BCUT2D eigenvalue weighted by atomic mass is 32.3. The van der Waals surface area contributed by atoms with E-state index >= 15 is 14.4 Å². The molecule has 16 amide bonds. The van der Waals surface area contributed by atoms with Gasteiger partial charge in [-0.25, -0.2) is 0 Å². The summed E-state index contributed by atoms with van der Waals surface area (Å²) < 4.78 is 42.8. The number of nitrogens with two attached hydrogens (primary N) is 4. The van der Waals surface area contributed by atoms with Gasteiger partial charge in [0.1, 0.15) is 77.2 Å². The van der Waals surface area contributed by atoms with Gasteiger partial charge in [0.25, 0.3) is 5.91 Å². The van der Waals surface area contributed by atoms with Gasteiger partial charge in [0.15, 0.2) is 11.9 Å². The number of primary amides is 2. The zero-order chi connectivity index (χ0) is 97.2. The fourth-order valence-corrected chi connectivity index (χ4v) is 13.8. The lowest BCUT2D eigenvalue weighted by Gasteiger charge is -2.35. The third kappa shape index (κ3) is 39.3. The van der Waals surface area contributed by atoms with Crippen LogP contribution in [0.4, 0.5) is 3.89 Å². The molecule has 0 saturated carbocycles. The molecule has 716 valence electrons. The molecular weight excluding hydrogens is 1710 g/mol. The maximum atomic E-state index is 15.3. The number of amides is 16. The normalized spacial score (nSPS) is 19.4. The van der Waals surface area contributed by atoms with Crippen LogP contribution < -0.4 is 113 Å². The number of carbonyl (C=O) groups excluding carboxylic acids is 16. The third-order valence-electron chi connectivity index (χ3n) is 21.0. The van der Waals surface area contributed by atoms with Crippen LogP contribution in [0.2, 0.25) is 0 Å². The molecular formula is C82H127FN22O23S. The Balaban J connectivity index is 2.12. The summed E-state index contributed by atoms with van der Waals surface area (Å²) in [6, 6.07) is -5.32. The van der Waals surface area contributed by atoms with Gasteiger partial charge >= 0.3 is 22.2 Å². The van der Waals surface area contributed by atoms with Gasteiger partial charge in [-0.05, 0) is 139 Å². The maximum Gasteiger partial charge on any atom is 0.332 e. The maximum absolute atomic E-state index is 15.3. The van der Waals surface area contributed by atoms with E-state index in [0.717, 1.165) is 26.2 Å². The van der Waals surface area contributed by atoms with Gasteiger partial charge in [0.05, 0.1) is 30.5 Å². The highest BCUT2D eigenvalue weighted by molar-refractivity contribution is 7.86. The molecule has 129 heavy (non-hydrogen) atoms. The summed E-state index contributed by atoms with van der Waals surface area (Å²) in [5.74, 6) is -22.7. The fourth-order valence-electron chi connectivity index (χ4n) is 13.3. The van der Waals surface area contributed by atoms with E-state index in [1.165, 1.54) is 13.8 Å². The van der Waals surface area contributed by atoms with E-state index in [1.54, 1.807) is 84.0 Å². The van der Waals surface area contributed by atoms with Crippen molar-refractivity contribution < 1.29 is 114 Å². The Labute approximate surface area is 747 Å². The molecule has 47 heteroatoms. The Bertz CT molecular complexity index is 4470. The van der Waals surface area contributed by atoms with Gasteiger partial charge in [-0.1, -0.05) is 96.9 Å². The molecule has 2 aromatic rings. The number of methoxy groups -OCH3 is 1. The average Bonchev–Trinajstić information content (AvgIpc) is 1.06. The van der Waals surface area contributed by atoms with E-state index in [-0.39, 0.29) is 109 Å². The van der Waals surface area contributed by atoms with E-state index in [9.17, 15) is 94.4 Å². The van der Waals surface area contributed by atoms with Crippen LogP contribution in [0.1, 0.15) is 194 Å². The Morgan fingerprint density at radius 1 is 0.597 bits per heavy atom. The highest BCUT2D eigenvalue weighted by Crippen LogP contribution is 2.26. The molecule has 0 bridgehead atoms.